The molecule has 4 nitrogen and oxygen atoms in total. The Bertz CT molecular complexity index is 3720. The third-order valence-electron chi connectivity index (χ3n) is 13.1. The Morgan fingerprint density at radius 2 is 1.00 bits per heavy atom. The van der Waals surface area contributed by atoms with Crippen LogP contribution >= 0.6 is 0 Å². The number of aromatic nitrogens is 3. The first-order valence-corrected chi connectivity index (χ1v) is 23.5. The van der Waals surface area contributed by atoms with Gasteiger partial charge < -0.3 is 5.11 Å². The van der Waals surface area contributed by atoms with Gasteiger partial charge in [0.15, 0.2) is 0 Å². The van der Waals surface area contributed by atoms with E-state index < -0.39 is 49.6 Å². The Morgan fingerprint density at radius 3 is 1.58 bits per heavy atom. The maximum Gasteiger partial charge on any atom is 0.149 e. The molecule has 7 aromatic carbocycles. The molecule has 9 rings (SSSR count). The minimum absolute atomic E-state index is 0.0708. The van der Waals surface area contributed by atoms with Crippen LogP contribution in [0.3, 0.4) is 0 Å². The molecule has 0 aliphatic rings. The van der Waals surface area contributed by atoms with Gasteiger partial charge in [-0.2, -0.15) is 0 Å². The predicted octanol–water partition coefficient (Wildman–Crippen LogP) is 17.6. The third kappa shape index (κ3) is 9.30. The van der Waals surface area contributed by atoms with Crippen LogP contribution < -0.4 is 0 Å². The fraction of sp³-hybridized carbons (Fsp3) is 0.262. The van der Waals surface area contributed by atoms with Crippen molar-refractivity contribution in [3.8, 4) is 78.6 Å². The highest BCUT2D eigenvalue weighted by Crippen LogP contribution is 2.47. The molecule has 0 radical (unpaired) electrons. The molecule has 0 saturated heterocycles. The molecule has 348 valence electrons. The van der Waals surface area contributed by atoms with E-state index in [1.54, 1.807) is 0 Å². The number of rotatable bonds is 7. The van der Waals surface area contributed by atoms with Gasteiger partial charge in [-0.05, 0) is 133 Å². The van der Waals surface area contributed by atoms with Crippen LogP contribution in [0, 0.1) is 6.85 Å². The second-order valence-corrected chi connectivity index (χ2v) is 21.3. The molecule has 4 heteroatoms. The SMILES string of the molecule is [2H]C([2H])([2H])c1cnc(-c2cc(-c3cccc4c3nc(-c3cc(C(C([2H])([2H])[2H])(C([2H])([2H])[2H])C([2H])([2H])[2H])ccc3O)n4-c3c(-c4ccccc4)cc(C(C)(C)C)cc3-c3ccccc3)cc(C(C)(C)C)c2)cc1-c1ccc(C(C)(C)C)cc1. The first-order valence-electron chi connectivity index (χ1n) is 29.5. The standard InChI is InChI=1S/C65H67N3O/c1-41-40-66-56(39-52(41)44-27-29-47(30-28-44)62(2,3)4)46-33-45(34-49(35-46)64(8,9)10)51-25-20-26-57-59(51)67-61(55-36-48(63(5,6)7)31-32-58(55)69)68(57)60-53(42-21-16-14-17-22-42)37-50(65(11,12)13)38-54(60)43-23-18-15-19-24-43/h14-40,69H,1-13H3/i1D3,5D3,6D3,7D3. The van der Waals surface area contributed by atoms with Crippen LogP contribution in [0.1, 0.15) is 127 Å². The predicted molar refractivity (Wildman–Crippen MR) is 293 cm³/mol. The number of imidazole rings is 1. The summed E-state index contributed by atoms with van der Waals surface area (Å²) in [5.74, 6) is -0.338. The van der Waals surface area contributed by atoms with Gasteiger partial charge in [-0.3, -0.25) is 9.55 Å². The number of phenolic OH excluding ortho intramolecular Hbond substituents is 1. The van der Waals surface area contributed by atoms with Crippen molar-refractivity contribution in [3.63, 3.8) is 0 Å². The zero-order chi connectivity index (χ0) is 59.2. The van der Waals surface area contributed by atoms with Crippen LogP contribution in [0.2, 0.25) is 0 Å². The zero-order valence-electron chi connectivity index (χ0n) is 52.9. The number of hydrogen-bond acceptors (Lipinski definition) is 3. The number of nitrogens with zero attached hydrogens (tertiary/aromatic N) is 3. The Kier molecular flexibility index (Phi) is 8.69. The van der Waals surface area contributed by atoms with Crippen LogP contribution in [-0.2, 0) is 21.7 Å². The molecule has 0 fully saturated rings. The van der Waals surface area contributed by atoms with E-state index in [4.69, 9.17) is 26.4 Å². The van der Waals surface area contributed by atoms with Crippen molar-refractivity contribution in [1.29, 1.82) is 0 Å². The van der Waals surface area contributed by atoms with Crippen molar-refractivity contribution in [2.24, 2.45) is 0 Å². The maximum absolute atomic E-state index is 12.3. The molecule has 0 atom stereocenters. The Morgan fingerprint density at radius 1 is 0.449 bits per heavy atom. The summed E-state index contributed by atoms with van der Waals surface area (Å²) in [7, 11) is 0. The molecule has 69 heavy (non-hydrogen) atoms. The quantitative estimate of drug-likeness (QED) is 0.173. The first kappa shape index (κ1) is 34.3. The molecule has 1 N–H and O–H groups in total. The Hall–Kier alpha value is -7.04. The monoisotopic (exact) mass is 918 g/mol. The summed E-state index contributed by atoms with van der Waals surface area (Å²) in [6.07, 6.45) is 1.44. The average molecular weight is 918 g/mol. The number of phenols is 1. The van der Waals surface area contributed by atoms with Crippen LogP contribution in [0.25, 0.3) is 83.9 Å². The van der Waals surface area contributed by atoms with Crippen molar-refractivity contribution in [2.45, 2.75) is 111 Å². The van der Waals surface area contributed by atoms with Gasteiger partial charge >= 0.3 is 0 Å². The second kappa shape index (κ2) is 17.5. The van der Waals surface area contributed by atoms with Crippen molar-refractivity contribution in [3.05, 3.63) is 192 Å². The lowest BCUT2D eigenvalue weighted by atomic mass is 9.82. The van der Waals surface area contributed by atoms with Gasteiger partial charge in [0.25, 0.3) is 0 Å². The molecule has 2 aromatic heterocycles. The molecular formula is C65H67N3O. The Balaban J connectivity index is 1.42. The smallest absolute Gasteiger partial charge is 0.149 e. The van der Waals surface area contributed by atoms with Crippen LogP contribution in [-0.4, -0.2) is 19.6 Å². The van der Waals surface area contributed by atoms with Crippen LogP contribution in [0.4, 0.5) is 0 Å². The van der Waals surface area contributed by atoms with E-state index in [0.29, 0.717) is 39.1 Å². The fourth-order valence-corrected chi connectivity index (χ4v) is 9.04. The van der Waals surface area contributed by atoms with E-state index in [1.165, 1.54) is 6.20 Å². The van der Waals surface area contributed by atoms with E-state index in [1.807, 2.05) is 120 Å². The van der Waals surface area contributed by atoms with Crippen LogP contribution in [0.5, 0.6) is 5.75 Å². The third-order valence-corrected chi connectivity index (χ3v) is 13.1. The number of para-hydroxylation sites is 1. The second-order valence-electron chi connectivity index (χ2n) is 21.3. The van der Waals surface area contributed by atoms with Crippen molar-refractivity contribution >= 4 is 11.0 Å². The number of fused-ring (bicyclic) bond motifs is 1. The van der Waals surface area contributed by atoms with Crippen molar-refractivity contribution in [1.82, 2.24) is 14.5 Å². The van der Waals surface area contributed by atoms with Gasteiger partial charge in [-0.15, -0.1) is 0 Å². The maximum atomic E-state index is 12.3. The normalized spacial score (nSPS) is 15.8. The minimum Gasteiger partial charge on any atom is -0.507 e. The summed E-state index contributed by atoms with van der Waals surface area (Å²) in [6, 6.07) is 48.9. The number of aromatic hydroxyl groups is 1. The zero-order valence-corrected chi connectivity index (χ0v) is 40.9. The summed E-state index contributed by atoms with van der Waals surface area (Å²) < 4.78 is 106. The van der Waals surface area contributed by atoms with Crippen molar-refractivity contribution < 1.29 is 21.6 Å². The lowest BCUT2D eigenvalue weighted by molar-refractivity contribution is 0.475. The summed E-state index contributed by atoms with van der Waals surface area (Å²) in [4.78, 5) is 10.3. The van der Waals surface area contributed by atoms with E-state index in [2.05, 4.69) is 86.6 Å². The largest absolute Gasteiger partial charge is 0.507 e. The van der Waals surface area contributed by atoms with Gasteiger partial charge in [0.05, 0.1) is 28.0 Å². The highest BCUT2D eigenvalue weighted by molar-refractivity contribution is 5.99. The number of benzene rings is 7. The first-order chi connectivity index (χ1) is 37.5. The van der Waals surface area contributed by atoms with E-state index >= 15 is 0 Å². The molecule has 0 bridgehead atoms. The topological polar surface area (TPSA) is 50.9 Å². The summed E-state index contributed by atoms with van der Waals surface area (Å²) in [6.45, 7) is 5.82. The van der Waals surface area contributed by atoms with Gasteiger partial charge in [0.2, 0.25) is 0 Å². The highest BCUT2D eigenvalue weighted by atomic mass is 16.3. The lowest BCUT2D eigenvalue weighted by Crippen LogP contribution is -2.13. The lowest BCUT2D eigenvalue weighted by Gasteiger charge is -2.26. The molecule has 0 saturated carbocycles. The summed E-state index contributed by atoms with van der Waals surface area (Å²) in [5, 5.41) is 12.3. The average Bonchev–Trinajstić information content (AvgIpc) is 3.82. The van der Waals surface area contributed by atoms with Gasteiger partial charge in [0.1, 0.15) is 11.6 Å². The van der Waals surface area contributed by atoms with Gasteiger partial charge in [-0.1, -0.05) is 192 Å². The molecule has 9 aromatic rings. The van der Waals surface area contributed by atoms with E-state index in [9.17, 15) is 5.11 Å². The molecule has 0 aliphatic heterocycles. The fourth-order valence-electron chi connectivity index (χ4n) is 9.04. The van der Waals surface area contributed by atoms with E-state index in [-0.39, 0.29) is 27.8 Å². The number of aryl methyl sites for hydroxylation is 1. The van der Waals surface area contributed by atoms with Gasteiger partial charge in [-0.25, -0.2) is 4.98 Å². The molecule has 0 aliphatic carbocycles. The minimum atomic E-state index is -3.59. The van der Waals surface area contributed by atoms with Crippen molar-refractivity contribution in [2.75, 3.05) is 0 Å². The molecule has 0 amide bonds. The van der Waals surface area contributed by atoms with Crippen LogP contribution in [0.15, 0.2) is 164 Å². The van der Waals surface area contributed by atoms with Gasteiger partial charge in [0, 0.05) is 44.9 Å². The highest BCUT2D eigenvalue weighted by Gasteiger charge is 2.29. The molecular weight excluding hydrogens is 839 g/mol. The molecule has 0 unspecified atom stereocenters. The Labute approximate surface area is 427 Å². The number of hydrogen-bond donors (Lipinski definition) is 1. The number of pyridine rings is 1. The summed E-state index contributed by atoms with van der Waals surface area (Å²) in [5.41, 5.74) is 6.88. The molecule has 2 heterocycles. The van der Waals surface area contributed by atoms with E-state index in [0.717, 1.165) is 68.3 Å². The molecule has 0 spiro atoms. The summed E-state index contributed by atoms with van der Waals surface area (Å²) >= 11 is 0.